The molecule has 7 nitrogen and oxygen atoms in total. The molecule has 3 aromatic rings. The molecule has 1 atom stereocenters. The van der Waals surface area contributed by atoms with E-state index in [1.807, 2.05) is 55.6 Å². The van der Waals surface area contributed by atoms with Crippen molar-refractivity contribution in [2.75, 3.05) is 30.3 Å². The van der Waals surface area contributed by atoms with Crippen LogP contribution in [0.3, 0.4) is 0 Å². The lowest BCUT2D eigenvalue weighted by Gasteiger charge is -2.23. The van der Waals surface area contributed by atoms with Crippen LogP contribution in [-0.2, 0) is 14.4 Å². The predicted molar refractivity (Wildman–Crippen MR) is 137 cm³/mol. The lowest BCUT2D eigenvalue weighted by molar-refractivity contribution is -0.123. The number of rotatable bonds is 10. The number of carbonyl (C=O) groups is 3. The van der Waals surface area contributed by atoms with Crippen LogP contribution in [0.1, 0.15) is 35.9 Å². The maximum Gasteiger partial charge on any atom is 0.238 e. The zero-order chi connectivity index (χ0) is 24.5. The minimum absolute atomic E-state index is 0.0889. The Bertz CT molecular complexity index is 1100. The fraction of sp³-hybridized carbons (Fsp3) is 0.269. The molecule has 0 saturated heterocycles. The SMILES string of the molecule is CCN(CC(=O)Nc1ccc(NC(C)=O)cc1)CC(=O)NC(c1ccc(C)cc1)c1cccs1. The quantitative estimate of drug-likeness (QED) is 0.408. The van der Waals surface area contributed by atoms with Crippen LogP contribution in [0.15, 0.2) is 66.0 Å². The molecule has 2 aromatic carbocycles. The molecule has 1 unspecified atom stereocenters. The van der Waals surface area contributed by atoms with Crippen molar-refractivity contribution >= 4 is 40.4 Å². The Kier molecular flexibility index (Phi) is 8.95. The molecule has 0 aliphatic carbocycles. The molecular formula is C26H30N4O3S. The molecule has 0 bridgehead atoms. The summed E-state index contributed by atoms with van der Waals surface area (Å²) in [4.78, 5) is 39.4. The van der Waals surface area contributed by atoms with Crippen LogP contribution in [0.4, 0.5) is 11.4 Å². The molecular weight excluding hydrogens is 448 g/mol. The summed E-state index contributed by atoms with van der Waals surface area (Å²) in [5.74, 6) is -0.513. The number of hydrogen-bond donors (Lipinski definition) is 3. The molecule has 0 saturated carbocycles. The van der Waals surface area contributed by atoms with Crippen LogP contribution in [0.5, 0.6) is 0 Å². The number of likely N-dealkylation sites (N-methyl/N-ethyl adjacent to an activating group) is 1. The van der Waals surface area contributed by atoms with Gasteiger partial charge in [0.2, 0.25) is 17.7 Å². The van der Waals surface area contributed by atoms with Crippen molar-refractivity contribution in [2.45, 2.75) is 26.8 Å². The van der Waals surface area contributed by atoms with E-state index in [-0.39, 0.29) is 36.9 Å². The Morgan fingerprint density at radius 2 is 1.50 bits per heavy atom. The summed E-state index contributed by atoms with van der Waals surface area (Å²) in [6.45, 7) is 6.14. The fourth-order valence-corrected chi connectivity index (χ4v) is 4.27. The van der Waals surface area contributed by atoms with Crippen LogP contribution in [0, 0.1) is 6.92 Å². The molecule has 3 N–H and O–H groups in total. The van der Waals surface area contributed by atoms with Gasteiger partial charge in [0.25, 0.3) is 0 Å². The highest BCUT2D eigenvalue weighted by molar-refractivity contribution is 7.10. The number of nitrogens with zero attached hydrogens (tertiary/aromatic N) is 1. The fourth-order valence-electron chi connectivity index (χ4n) is 3.47. The van der Waals surface area contributed by atoms with Gasteiger partial charge < -0.3 is 16.0 Å². The van der Waals surface area contributed by atoms with Crippen molar-refractivity contribution in [3.8, 4) is 0 Å². The average Bonchev–Trinajstić information content (AvgIpc) is 3.33. The Labute approximate surface area is 204 Å². The van der Waals surface area contributed by atoms with Crippen LogP contribution < -0.4 is 16.0 Å². The van der Waals surface area contributed by atoms with Gasteiger partial charge in [-0.2, -0.15) is 0 Å². The van der Waals surface area contributed by atoms with Crippen molar-refractivity contribution in [3.05, 3.63) is 82.0 Å². The van der Waals surface area contributed by atoms with Gasteiger partial charge in [0.1, 0.15) is 0 Å². The summed E-state index contributed by atoms with van der Waals surface area (Å²) in [6.07, 6.45) is 0. The Morgan fingerprint density at radius 1 is 0.882 bits per heavy atom. The monoisotopic (exact) mass is 478 g/mol. The number of anilines is 2. The first kappa shape index (κ1) is 25.1. The molecule has 1 aromatic heterocycles. The number of amides is 3. The molecule has 3 rings (SSSR count). The van der Waals surface area contributed by atoms with E-state index in [4.69, 9.17) is 0 Å². The average molecular weight is 479 g/mol. The number of nitrogens with one attached hydrogen (secondary N) is 3. The molecule has 178 valence electrons. The van der Waals surface area contributed by atoms with Gasteiger partial charge in [0, 0.05) is 23.2 Å². The topological polar surface area (TPSA) is 90.5 Å². The van der Waals surface area contributed by atoms with E-state index < -0.39 is 0 Å². The number of aryl methyl sites for hydroxylation is 1. The van der Waals surface area contributed by atoms with Crippen LogP contribution in [0.25, 0.3) is 0 Å². The second-order valence-corrected chi connectivity index (χ2v) is 9.02. The van der Waals surface area contributed by atoms with Crippen LogP contribution in [-0.4, -0.2) is 42.3 Å². The van der Waals surface area contributed by atoms with Crippen LogP contribution >= 0.6 is 11.3 Å². The highest BCUT2D eigenvalue weighted by Gasteiger charge is 2.20. The number of hydrogen-bond acceptors (Lipinski definition) is 5. The predicted octanol–water partition coefficient (Wildman–Crippen LogP) is 4.18. The summed E-state index contributed by atoms with van der Waals surface area (Å²) in [6, 6.07) is 18.8. The third-order valence-electron chi connectivity index (χ3n) is 5.21. The molecule has 0 fully saturated rings. The van der Waals surface area contributed by atoms with E-state index in [9.17, 15) is 14.4 Å². The number of benzene rings is 2. The molecule has 1 heterocycles. The minimum atomic E-state index is -0.234. The molecule has 0 radical (unpaired) electrons. The van der Waals surface area contributed by atoms with Gasteiger partial charge in [0.05, 0.1) is 19.1 Å². The first-order valence-electron chi connectivity index (χ1n) is 11.1. The van der Waals surface area contributed by atoms with Crippen molar-refractivity contribution in [3.63, 3.8) is 0 Å². The third kappa shape index (κ3) is 7.54. The highest BCUT2D eigenvalue weighted by Crippen LogP contribution is 2.26. The Hall–Kier alpha value is -3.49. The third-order valence-corrected chi connectivity index (χ3v) is 6.15. The Morgan fingerprint density at radius 3 is 2.06 bits per heavy atom. The first-order chi connectivity index (χ1) is 16.3. The zero-order valence-electron chi connectivity index (χ0n) is 19.6. The van der Waals surface area contributed by atoms with Gasteiger partial charge in [-0.15, -0.1) is 11.3 Å². The lowest BCUT2D eigenvalue weighted by atomic mass is 10.0. The van der Waals surface area contributed by atoms with E-state index in [1.54, 1.807) is 40.5 Å². The molecule has 0 spiro atoms. The van der Waals surface area contributed by atoms with E-state index in [0.29, 0.717) is 17.9 Å². The van der Waals surface area contributed by atoms with E-state index in [1.165, 1.54) is 6.92 Å². The van der Waals surface area contributed by atoms with Gasteiger partial charge in [0.15, 0.2) is 0 Å². The largest absolute Gasteiger partial charge is 0.343 e. The molecule has 3 amide bonds. The second-order valence-electron chi connectivity index (χ2n) is 8.04. The molecule has 0 aliphatic rings. The first-order valence-corrected chi connectivity index (χ1v) is 12.0. The van der Waals surface area contributed by atoms with Gasteiger partial charge in [-0.05, 0) is 54.7 Å². The zero-order valence-corrected chi connectivity index (χ0v) is 20.4. The Balaban J connectivity index is 1.58. The van der Waals surface area contributed by atoms with Crippen LogP contribution in [0.2, 0.25) is 0 Å². The highest BCUT2D eigenvalue weighted by atomic mass is 32.1. The number of carbonyl (C=O) groups excluding carboxylic acids is 3. The van der Waals surface area contributed by atoms with Gasteiger partial charge >= 0.3 is 0 Å². The summed E-state index contributed by atoms with van der Waals surface area (Å²) in [5.41, 5.74) is 3.46. The summed E-state index contributed by atoms with van der Waals surface area (Å²) in [7, 11) is 0. The van der Waals surface area contributed by atoms with Crippen molar-refractivity contribution in [1.82, 2.24) is 10.2 Å². The van der Waals surface area contributed by atoms with Crippen molar-refractivity contribution in [1.29, 1.82) is 0 Å². The van der Waals surface area contributed by atoms with E-state index in [2.05, 4.69) is 16.0 Å². The summed E-state index contributed by atoms with van der Waals surface area (Å²) >= 11 is 1.60. The number of thiophene rings is 1. The normalized spacial score (nSPS) is 11.6. The molecule has 8 heteroatoms. The molecule has 34 heavy (non-hydrogen) atoms. The second kappa shape index (κ2) is 12.1. The van der Waals surface area contributed by atoms with Gasteiger partial charge in [-0.3, -0.25) is 19.3 Å². The maximum atomic E-state index is 12.9. The van der Waals surface area contributed by atoms with Crippen molar-refractivity contribution < 1.29 is 14.4 Å². The van der Waals surface area contributed by atoms with Gasteiger partial charge in [-0.1, -0.05) is 42.8 Å². The maximum absolute atomic E-state index is 12.9. The summed E-state index contributed by atoms with van der Waals surface area (Å²) in [5, 5.41) is 10.6. The van der Waals surface area contributed by atoms with E-state index in [0.717, 1.165) is 16.0 Å². The molecule has 0 aliphatic heterocycles. The lowest BCUT2D eigenvalue weighted by Crippen LogP contribution is -2.42. The van der Waals surface area contributed by atoms with E-state index >= 15 is 0 Å². The minimum Gasteiger partial charge on any atom is -0.343 e. The van der Waals surface area contributed by atoms with Gasteiger partial charge in [-0.25, -0.2) is 0 Å². The standard InChI is InChI=1S/C26H30N4O3S/c1-4-30(16-24(32)28-22-13-11-21(12-14-22)27-19(3)31)17-25(33)29-26(23-6-5-15-34-23)20-9-7-18(2)8-10-20/h5-15,26H,4,16-17H2,1-3H3,(H,27,31)(H,28,32)(H,29,33). The smallest absolute Gasteiger partial charge is 0.238 e. The summed E-state index contributed by atoms with van der Waals surface area (Å²) < 4.78 is 0. The van der Waals surface area contributed by atoms with Crippen molar-refractivity contribution in [2.24, 2.45) is 0 Å².